The zero-order valence-corrected chi connectivity index (χ0v) is 32.5. The molecule has 57 heavy (non-hydrogen) atoms. The van der Waals surface area contributed by atoms with Crippen LogP contribution in [0.25, 0.3) is 11.0 Å². The van der Waals surface area contributed by atoms with Crippen LogP contribution in [0.3, 0.4) is 0 Å². The van der Waals surface area contributed by atoms with Crippen LogP contribution in [0, 0.1) is 17.8 Å². The monoisotopic (exact) mass is 774 g/mol. The molecule has 3 aromatic rings. The van der Waals surface area contributed by atoms with Crippen LogP contribution in [-0.4, -0.2) is 45.7 Å². The Morgan fingerprint density at radius 2 is 1.93 bits per heavy atom. The van der Waals surface area contributed by atoms with Crippen LogP contribution < -0.4 is 32.3 Å². The quantitative estimate of drug-likeness (QED) is 0.139. The summed E-state index contributed by atoms with van der Waals surface area (Å²) in [6, 6.07) is 6.71. The Morgan fingerprint density at radius 1 is 1.11 bits per heavy atom. The molecule has 0 saturated heterocycles. The fourth-order valence-electron chi connectivity index (χ4n) is 10.7. The standard InChI is InChI=1S/C45H50N4O8/c1-4-21(2)44(54)56-35-18-32-40(53)39-34(52)17-27(20-50)55-42(39)38-31-14-24-13-26(51)8-5-22(24)6-10-29(37-30(31)11-12-48-43(37)47)28-9-7-23-16-36(46)49-19-25(23)15-33(28)45(35,3)57-41(32)38/h4-5,8,11,13,16-17,19,28-29,31,33,35-36,48-51,53H,6-7,9-10,12,14-15,18,20,46-47H2,1-3H3. The van der Waals surface area contributed by atoms with Crippen molar-refractivity contribution in [2.24, 2.45) is 29.2 Å². The van der Waals surface area contributed by atoms with Crippen molar-refractivity contribution in [2.45, 2.75) is 96.1 Å². The first-order chi connectivity index (χ1) is 27.4. The van der Waals surface area contributed by atoms with Crippen molar-refractivity contribution in [1.29, 1.82) is 0 Å². The summed E-state index contributed by atoms with van der Waals surface area (Å²) < 4.78 is 20.5. The highest BCUT2D eigenvalue weighted by molar-refractivity contribution is 5.92. The third-order valence-electron chi connectivity index (χ3n) is 13.6. The summed E-state index contributed by atoms with van der Waals surface area (Å²) in [6.07, 6.45) is 10.8. The van der Waals surface area contributed by atoms with Gasteiger partial charge in [0.2, 0.25) is 0 Å². The lowest BCUT2D eigenvalue weighted by atomic mass is 9.61. The molecule has 4 aliphatic heterocycles. The van der Waals surface area contributed by atoms with Gasteiger partial charge in [-0.1, -0.05) is 18.2 Å². The third-order valence-corrected chi connectivity index (χ3v) is 13.6. The summed E-state index contributed by atoms with van der Waals surface area (Å²) in [5, 5.41) is 40.2. The fraction of sp³-hybridized carbons (Fsp3) is 0.422. The zero-order valence-electron chi connectivity index (χ0n) is 32.5. The summed E-state index contributed by atoms with van der Waals surface area (Å²) in [6.45, 7) is 5.44. The second-order valence-electron chi connectivity index (χ2n) is 16.7. The number of benzene rings is 2. The van der Waals surface area contributed by atoms with Crippen LogP contribution in [0.4, 0.5) is 0 Å². The molecule has 4 bridgehead atoms. The number of ether oxygens (including phenoxy) is 2. The maximum atomic E-state index is 14.0. The van der Waals surface area contributed by atoms with Crippen molar-refractivity contribution in [3.05, 3.63) is 121 Å². The lowest BCUT2D eigenvalue weighted by molar-refractivity contribution is -0.169. The predicted molar refractivity (Wildman–Crippen MR) is 214 cm³/mol. The second kappa shape index (κ2) is 13.9. The highest BCUT2D eigenvalue weighted by Gasteiger charge is 2.57. The van der Waals surface area contributed by atoms with E-state index in [0.29, 0.717) is 54.1 Å². The molecule has 1 aromatic heterocycles. The van der Waals surface area contributed by atoms with E-state index in [4.69, 9.17) is 25.4 Å². The molecule has 12 heteroatoms. The SMILES string of the molecule is CC=C(C)C(=O)OC1Cc2c3c(c4oc(CO)cc(=O)c4c2O)C2Cc4cc(O)ccc4CCC(C4=C(N)NCC=C42)C2CCC4=CC(N)NC=C4CC2C1(C)O3. The van der Waals surface area contributed by atoms with Crippen LogP contribution in [0.2, 0.25) is 0 Å². The molecule has 298 valence electrons. The number of carbonyl (C=O) groups is 1. The summed E-state index contributed by atoms with van der Waals surface area (Å²) in [5.41, 5.74) is 19.5. The van der Waals surface area contributed by atoms with E-state index in [9.17, 15) is 24.9 Å². The van der Waals surface area contributed by atoms with Crippen molar-refractivity contribution < 1.29 is 34.0 Å². The summed E-state index contributed by atoms with van der Waals surface area (Å²) in [7, 11) is 0. The van der Waals surface area contributed by atoms with Crippen LogP contribution in [-0.2, 0) is 35.4 Å². The molecule has 2 aromatic carbocycles. The second-order valence-corrected chi connectivity index (χ2v) is 16.7. The topological polar surface area (TPSA) is 203 Å². The molecule has 0 spiro atoms. The number of hydrogen-bond donors (Lipinski definition) is 7. The van der Waals surface area contributed by atoms with E-state index in [1.807, 2.05) is 19.2 Å². The first kappa shape index (κ1) is 37.1. The Bertz CT molecular complexity index is 2440. The predicted octanol–water partition coefficient (Wildman–Crippen LogP) is 4.98. The number of dihydropyridines is 2. The van der Waals surface area contributed by atoms with E-state index in [1.165, 1.54) is 11.6 Å². The van der Waals surface area contributed by atoms with Crippen LogP contribution in [0.5, 0.6) is 17.2 Å². The van der Waals surface area contributed by atoms with E-state index in [1.54, 1.807) is 32.1 Å². The molecule has 2 aliphatic carbocycles. The lowest BCUT2D eigenvalue weighted by Crippen LogP contribution is -2.59. The highest BCUT2D eigenvalue weighted by Crippen LogP contribution is 2.59. The molecule has 9 N–H and O–H groups in total. The smallest absolute Gasteiger partial charge is 0.333 e. The van der Waals surface area contributed by atoms with Gasteiger partial charge in [0.15, 0.2) is 5.43 Å². The van der Waals surface area contributed by atoms with Crippen molar-refractivity contribution in [1.82, 2.24) is 10.6 Å². The Kier molecular flexibility index (Phi) is 9.04. The molecule has 0 amide bonds. The van der Waals surface area contributed by atoms with Crippen molar-refractivity contribution >= 4 is 16.9 Å². The largest absolute Gasteiger partial charge is 0.508 e. The first-order valence-electron chi connectivity index (χ1n) is 20.0. The zero-order chi connectivity index (χ0) is 39.9. The van der Waals surface area contributed by atoms with Crippen LogP contribution in [0.15, 0.2) is 91.6 Å². The summed E-state index contributed by atoms with van der Waals surface area (Å²) >= 11 is 0. The van der Waals surface area contributed by atoms with Gasteiger partial charge >= 0.3 is 5.97 Å². The minimum atomic E-state index is -1.18. The van der Waals surface area contributed by atoms with Crippen molar-refractivity contribution in [3.63, 3.8) is 0 Å². The average molecular weight is 775 g/mol. The van der Waals surface area contributed by atoms with Gasteiger partial charge in [0.25, 0.3) is 0 Å². The number of aliphatic hydroxyl groups is 1. The molecule has 7 atom stereocenters. The number of allylic oxidation sites excluding steroid dienone is 5. The van der Waals surface area contributed by atoms with E-state index in [0.717, 1.165) is 47.1 Å². The van der Waals surface area contributed by atoms with Gasteiger partial charge in [0.1, 0.15) is 58.1 Å². The number of aryl methyl sites for hydroxylation is 1. The van der Waals surface area contributed by atoms with Crippen LogP contribution >= 0.6 is 0 Å². The molecular formula is C45H50N4O8. The maximum Gasteiger partial charge on any atom is 0.333 e. The van der Waals surface area contributed by atoms with Gasteiger partial charge in [0, 0.05) is 53.8 Å². The van der Waals surface area contributed by atoms with E-state index < -0.39 is 35.6 Å². The van der Waals surface area contributed by atoms with Crippen LogP contribution in [0.1, 0.15) is 80.4 Å². The Balaban J connectivity index is 1.42. The van der Waals surface area contributed by atoms with Gasteiger partial charge in [-0.15, -0.1) is 0 Å². The Morgan fingerprint density at radius 3 is 2.72 bits per heavy atom. The number of fused-ring (bicyclic) bond motifs is 9. The van der Waals surface area contributed by atoms with E-state index in [2.05, 4.69) is 22.8 Å². The number of hydrogen-bond acceptors (Lipinski definition) is 12. The van der Waals surface area contributed by atoms with Crippen molar-refractivity contribution in [2.75, 3.05) is 6.54 Å². The first-order valence-corrected chi connectivity index (χ1v) is 20.0. The molecule has 7 unspecified atom stereocenters. The molecule has 1 fully saturated rings. The van der Waals surface area contributed by atoms with Gasteiger partial charge < -0.3 is 51.3 Å². The number of aliphatic hydroxyl groups excluding tert-OH is 1. The number of phenolic OH excluding ortho intramolecular Hbond substituents is 2. The summed E-state index contributed by atoms with van der Waals surface area (Å²) in [4.78, 5) is 27.9. The number of aromatic hydroxyl groups is 2. The average Bonchev–Trinajstić information content (AvgIpc) is 3.34. The molecule has 9 rings (SSSR count). The minimum absolute atomic E-state index is 0.0408. The van der Waals surface area contributed by atoms with E-state index in [-0.39, 0.29) is 58.6 Å². The van der Waals surface area contributed by atoms with Gasteiger partial charge in [-0.2, -0.15) is 0 Å². The molecule has 0 radical (unpaired) electrons. The fourth-order valence-corrected chi connectivity index (χ4v) is 10.7. The lowest BCUT2D eigenvalue weighted by Gasteiger charge is -2.52. The number of phenols is 2. The maximum absolute atomic E-state index is 14.0. The van der Waals surface area contributed by atoms with E-state index >= 15 is 0 Å². The molecule has 6 aliphatic rings. The van der Waals surface area contributed by atoms with Gasteiger partial charge in [-0.3, -0.25) is 4.79 Å². The van der Waals surface area contributed by atoms with Crippen molar-refractivity contribution in [3.8, 4) is 17.2 Å². The normalized spacial score (nSPS) is 29.1. The van der Waals surface area contributed by atoms with Gasteiger partial charge in [-0.25, -0.2) is 4.79 Å². The number of nitrogens with one attached hydrogen (secondary N) is 2. The number of carbonyl (C=O) groups excluding carboxylic acids is 1. The number of rotatable bonds is 3. The molecule has 1 saturated carbocycles. The number of nitrogens with two attached hydrogens (primary N) is 2. The highest BCUT2D eigenvalue weighted by atomic mass is 16.6. The minimum Gasteiger partial charge on any atom is -0.508 e. The molecular weight excluding hydrogens is 725 g/mol. The van der Waals surface area contributed by atoms with Gasteiger partial charge in [-0.05, 0) is 123 Å². The Hall–Kier alpha value is -5.46. The summed E-state index contributed by atoms with van der Waals surface area (Å²) in [5.74, 6) is -0.660. The third kappa shape index (κ3) is 5.94. The Labute approximate surface area is 330 Å². The molecule has 12 nitrogen and oxygen atoms in total. The molecule has 5 heterocycles. The number of esters is 1. The van der Waals surface area contributed by atoms with Gasteiger partial charge in [0.05, 0.1) is 6.17 Å².